The van der Waals surface area contributed by atoms with Gasteiger partial charge in [0, 0.05) is 19.1 Å². The maximum atomic E-state index is 5.44. The van der Waals surface area contributed by atoms with Crippen LogP contribution in [0, 0.1) is 0 Å². The third kappa shape index (κ3) is 1.80. The number of hydrogen-bond acceptors (Lipinski definition) is 2. The Hall–Kier alpha value is -1.28. The molecule has 0 amide bonds. The topological polar surface area (TPSA) is 22.4 Å². The van der Waals surface area contributed by atoms with Crippen molar-refractivity contribution in [3.05, 3.63) is 36.1 Å². The molecule has 2 aromatic rings. The molecule has 0 saturated heterocycles. The molecule has 0 aliphatic carbocycles. The van der Waals surface area contributed by atoms with E-state index >= 15 is 0 Å². The number of methoxy groups -OCH3 is 1. The summed E-state index contributed by atoms with van der Waals surface area (Å²) in [5, 5.41) is 1.23. The minimum atomic E-state index is 0.805. The Morgan fingerprint density at radius 1 is 1.29 bits per heavy atom. The van der Waals surface area contributed by atoms with E-state index in [0.29, 0.717) is 0 Å². The van der Waals surface area contributed by atoms with Crippen molar-refractivity contribution in [1.82, 2.24) is 0 Å². The molecule has 0 bridgehead atoms. The highest BCUT2D eigenvalue weighted by atomic mass is 16.5. The highest BCUT2D eigenvalue weighted by Crippen LogP contribution is 2.21. The highest BCUT2D eigenvalue weighted by molar-refractivity contribution is 5.80. The summed E-state index contributed by atoms with van der Waals surface area (Å²) in [6.45, 7) is 0.805. The fourth-order valence-electron chi connectivity index (χ4n) is 1.63. The minimum Gasteiger partial charge on any atom is -0.464 e. The molecule has 0 atom stereocenters. The fraction of sp³-hybridized carbons (Fsp3) is 0.333. The number of rotatable bonds is 4. The average Bonchev–Trinajstić information content (AvgIpc) is 2.63. The van der Waals surface area contributed by atoms with Crippen LogP contribution in [-0.4, -0.2) is 13.7 Å². The number of furan rings is 1. The molecule has 1 heterocycles. The van der Waals surface area contributed by atoms with Crippen LogP contribution in [-0.2, 0) is 11.2 Å². The summed E-state index contributed by atoms with van der Waals surface area (Å²) in [4.78, 5) is 0. The van der Waals surface area contributed by atoms with E-state index < -0.39 is 0 Å². The molecule has 74 valence electrons. The molecule has 2 rings (SSSR count). The smallest absolute Gasteiger partial charge is 0.134 e. The summed E-state index contributed by atoms with van der Waals surface area (Å²) in [5.74, 6) is 0. The molecule has 2 nitrogen and oxygen atoms in total. The quantitative estimate of drug-likeness (QED) is 0.691. The summed E-state index contributed by atoms with van der Waals surface area (Å²) >= 11 is 0. The van der Waals surface area contributed by atoms with Crippen molar-refractivity contribution in [3.8, 4) is 0 Å². The van der Waals surface area contributed by atoms with Gasteiger partial charge >= 0.3 is 0 Å². The van der Waals surface area contributed by atoms with Crippen molar-refractivity contribution >= 4 is 11.0 Å². The van der Waals surface area contributed by atoms with Gasteiger partial charge in [-0.3, -0.25) is 0 Å². The lowest BCUT2D eigenvalue weighted by Gasteiger charge is -1.97. The van der Waals surface area contributed by atoms with Crippen molar-refractivity contribution in [2.45, 2.75) is 12.8 Å². The molecule has 0 unspecified atom stereocenters. The van der Waals surface area contributed by atoms with E-state index in [1.54, 1.807) is 7.11 Å². The lowest BCUT2D eigenvalue weighted by molar-refractivity contribution is 0.195. The lowest BCUT2D eigenvalue weighted by Crippen LogP contribution is -1.91. The lowest BCUT2D eigenvalue weighted by atomic mass is 10.1. The molecule has 0 aliphatic heterocycles. The molecule has 2 heteroatoms. The molecule has 0 radical (unpaired) electrons. The zero-order valence-corrected chi connectivity index (χ0v) is 8.32. The molecule has 0 fully saturated rings. The zero-order chi connectivity index (χ0) is 9.80. The monoisotopic (exact) mass is 190 g/mol. The van der Waals surface area contributed by atoms with E-state index in [9.17, 15) is 0 Å². The third-order valence-corrected chi connectivity index (χ3v) is 2.36. The molecule has 0 spiro atoms. The molecule has 0 aliphatic rings. The Labute approximate surface area is 83.5 Å². The summed E-state index contributed by atoms with van der Waals surface area (Å²) in [7, 11) is 1.73. The normalized spacial score (nSPS) is 10.9. The van der Waals surface area contributed by atoms with Crippen molar-refractivity contribution < 1.29 is 9.15 Å². The first kappa shape index (κ1) is 9.28. The van der Waals surface area contributed by atoms with E-state index in [4.69, 9.17) is 9.15 Å². The van der Waals surface area contributed by atoms with Crippen LogP contribution in [0.25, 0.3) is 11.0 Å². The maximum absolute atomic E-state index is 5.44. The first-order valence-corrected chi connectivity index (χ1v) is 4.86. The van der Waals surface area contributed by atoms with Crippen LogP contribution in [0.4, 0.5) is 0 Å². The molecule has 14 heavy (non-hydrogen) atoms. The van der Waals surface area contributed by atoms with Gasteiger partial charge < -0.3 is 9.15 Å². The van der Waals surface area contributed by atoms with Gasteiger partial charge in [-0.25, -0.2) is 0 Å². The number of benzene rings is 1. The van der Waals surface area contributed by atoms with Gasteiger partial charge in [-0.2, -0.15) is 0 Å². The van der Waals surface area contributed by atoms with Gasteiger partial charge in [0.2, 0.25) is 0 Å². The summed E-state index contributed by atoms with van der Waals surface area (Å²) in [5.41, 5.74) is 2.25. The first-order valence-electron chi connectivity index (χ1n) is 4.86. The number of para-hydroxylation sites is 1. The molecule has 1 aromatic carbocycles. The van der Waals surface area contributed by atoms with E-state index in [0.717, 1.165) is 25.0 Å². The van der Waals surface area contributed by atoms with Crippen LogP contribution in [0.15, 0.2) is 34.9 Å². The standard InChI is InChI=1S/C12H14O2/c1-13-8-4-5-10-9-14-12-7-3-2-6-11(10)12/h2-3,6-7,9H,4-5,8H2,1H3. The van der Waals surface area contributed by atoms with Gasteiger partial charge in [0.15, 0.2) is 0 Å². The fourth-order valence-corrected chi connectivity index (χ4v) is 1.63. The summed E-state index contributed by atoms with van der Waals surface area (Å²) in [6, 6.07) is 8.12. The summed E-state index contributed by atoms with van der Waals surface area (Å²) in [6.07, 6.45) is 3.91. The Morgan fingerprint density at radius 2 is 2.14 bits per heavy atom. The van der Waals surface area contributed by atoms with Crippen LogP contribution in [0.2, 0.25) is 0 Å². The second-order valence-electron chi connectivity index (χ2n) is 3.35. The average molecular weight is 190 g/mol. The Morgan fingerprint density at radius 3 is 3.00 bits per heavy atom. The van der Waals surface area contributed by atoms with Gasteiger partial charge in [0.1, 0.15) is 5.58 Å². The largest absolute Gasteiger partial charge is 0.464 e. The van der Waals surface area contributed by atoms with Crippen molar-refractivity contribution in [1.29, 1.82) is 0 Å². The van der Waals surface area contributed by atoms with Crippen molar-refractivity contribution in [2.24, 2.45) is 0 Å². The number of fused-ring (bicyclic) bond motifs is 1. The van der Waals surface area contributed by atoms with Gasteiger partial charge in [-0.1, -0.05) is 18.2 Å². The minimum absolute atomic E-state index is 0.805. The number of aryl methyl sites for hydroxylation is 1. The summed E-state index contributed by atoms with van der Waals surface area (Å²) < 4.78 is 10.5. The SMILES string of the molecule is COCCCc1coc2ccccc12. The predicted octanol–water partition coefficient (Wildman–Crippen LogP) is 3.01. The highest BCUT2D eigenvalue weighted by Gasteiger charge is 2.03. The van der Waals surface area contributed by atoms with Crippen LogP contribution in [0.3, 0.4) is 0 Å². The van der Waals surface area contributed by atoms with Gasteiger partial charge in [0.05, 0.1) is 6.26 Å². The van der Waals surface area contributed by atoms with E-state index in [2.05, 4.69) is 6.07 Å². The predicted molar refractivity (Wildman–Crippen MR) is 56.4 cm³/mol. The third-order valence-electron chi connectivity index (χ3n) is 2.36. The molecular weight excluding hydrogens is 176 g/mol. The molecule has 0 N–H and O–H groups in total. The molecular formula is C12H14O2. The Balaban J connectivity index is 2.17. The van der Waals surface area contributed by atoms with Gasteiger partial charge in [0.25, 0.3) is 0 Å². The van der Waals surface area contributed by atoms with E-state index in [1.807, 2.05) is 24.5 Å². The first-order chi connectivity index (χ1) is 6.92. The zero-order valence-electron chi connectivity index (χ0n) is 8.32. The van der Waals surface area contributed by atoms with Crippen LogP contribution >= 0.6 is 0 Å². The Bertz CT molecular complexity index is 403. The van der Waals surface area contributed by atoms with Crippen LogP contribution < -0.4 is 0 Å². The van der Waals surface area contributed by atoms with Crippen LogP contribution in [0.1, 0.15) is 12.0 Å². The van der Waals surface area contributed by atoms with E-state index in [-0.39, 0.29) is 0 Å². The molecule has 1 aromatic heterocycles. The molecule has 0 saturated carbocycles. The van der Waals surface area contributed by atoms with Crippen molar-refractivity contribution in [3.63, 3.8) is 0 Å². The van der Waals surface area contributed by atoms with Crippen LogP contribution in [0.5, 0.6) is 0 Å². The second kappa shape index (κ2) is 4.29. The van der Waals surface area contributed by atoms with Crippen molar-refractivity contribution in [2.75, 3.05) is 13.7 Å². The number of hydrogen-bond donors (Lipinski definition) is 0. The van der Waals surface area contributed by atoms with Gasteiger partial charge in [-0.05, 0) is 24.5 Å². The van der Waals surface area contributed by atoms with Gasteiger partial charge in [-0.15, -0.1) is 0 Å². The van der Waals surface area contributed by atoms with E-state index in [1.165, 1.54) is 10.9 Å². The Kier molecular flexibility index (Phi) is 2.84. The maximum Gasteiger partial charge on any atom is 0.134 e. The second-order valence-corrected chi connectivity index (χ2v) is 3.35. The number of ether oxygens (including phenoxy) is 1.